The van der Waals surface area contributed by atoms with Crippen LogP contribution in [0.3, 0.4) is 0 Å². The fraction of sp³-hybridized carbons (Fsp3) is 0. The number of nitrogens with zero attached hydrogens (tertiary/aromatic N) is 5. The third-order valence-electron chi connectivity index (χ3n) is 2.17. The first-order valence-corrected chi connectivity index (χ1v) is 6.48. The first-order valence-electron chi connectivity index (χ1n) is 4.91. The second-order valence-electron chi connectivity index (χ2n) is 3.35. The van der Waals surface area contributed by atoms with Gasteiger partial charge in [-0.1, -0.05) is 41.0 Å². The predicted octanol–water partition coefficient (Wildman–Crippen LogP) is 2.98. The highest BCUT2D eigenvalue weighted by atomic mass is 35.5. The highest BCUT2D eigenvalue weighted by molar-refractivity contribution is 7.99. The largest absolute Gasteiger partial charge is 0.200 e. The predicted molar refractivity (Wildman–Crippen MR) is 69.2 cm³/mol. The van der Waals surface area contributed by atoms with E-state index in [4.69, 9.17) is 23.2 Å². The number of fused-ring (bicyclic) bond motifs is 1. The topological polar surface area (TPSA) is 56.0 Å². The van der Waals surface area contributed by atoms with Crippen molar-refractivity contribution in [3.8, 4) is 0 Å². The summed E-state index contributed by atoms with van der Waals surface area (Å²) in [6.07, 6.45) is 0. The van der Waals surface area contributed by atoms with Crippen LogP contribution in [0.1, 0.15) is 0 Å². The number of rotatable bonds is 2. The molecule has 18 heavy (non-hydrogen) atoms. The van der Waals surface area contributed by atoms with Crippen LogP contribution in [0.5, 0.6) is 0 Å². The number of hydrogen-bond donors (Lipinski definition) is 0. The molecule has 0 spiro atoms. The van der Waals surface area contributed by atoms with Crippen molar-refractivity contribution in [1.29, 1.82) is 0 Å². The molecule has 3 aromatic rings. The van der Waals surface area contributed by atoms with Crippen molar-refractivity contribution in [3.63, 3.8) is 0 Å². The van der Waals surface area contributed by atoms with E-state index in [1.54, 1.807) is 24.3 Å². The van der Waals surface area contributed by atoms with E-state index in [1.165, 1.54) is 16.4 Å². The lowest BCUT2D eigenvalue weighted by Gasteiger charge is -2.05. The van der Waals surface area contributed by atoms with Gasteiger partial charge in [-0.05, 0) is 34.7 Å². The normalized spacial score (nSPS) is 11.0. The zero-order chi connectivity index (χ0) is 12.5. The summed E-state index contributed by atoms with van der Waals surface area (Å²) in [5.41, 5.74) is 0.588. The minimum absolute atomic E-state index is 0.588. The molecule has 0 saturated carbocycles. The zero-order valence-electron chi connectivity index (χ0n) is 8.79. The van der Waals surface area contributed by atoms with Crippen LogP contribution in [0.25, 0.3) is 5.65 Å². The summed E-state index contributed by atoms with van der Waals surface area (Å²) in [6, 6.07) is 8.96. The van der Waals surface area contributed by atoms with E-state index in [-0.39, 0.29) is 0 Å². The van der Waals surface area contributed by atoms with E-state index in [1.807, 2.05) is 6.07 Å². The zero-order valence-corrected chi connectivity index (χ0v) is 11.1. The van der Waals surface area contributed by atoms with Gasteiger partial charge in [0, 0.05) is 0 Å². The molecule has 0 aliphatic rings. The Labute approximate surface area is 116 Å². The first-order chi connectivity index (χ1) is 8.74. The van der Waals surface area contributed by atoms with Gasteiger partial charge in [0.15, 0.2) is 5.65 Å². The average molecular weight is 298 g/mol. The molecule has 1 aromatic carbocycles. The SMILES string of the molecule is Clc1cccc(Cl)c1Sc1ccc2nnnn2n1. The third-order valence-corrected chi connectivity index (χ3v) is 4.10. The molecule has 0 bridgehead atoms. The van der Waals surface area contributed by atoms with Gasteiger partial charge in [0.1, 0.15) is 5.03 Å². The van der Waals surface area contributed by atoms with Gasteiger partial charge in [0.05, 0.1) is 14.9 Å². The average Bonchev–Trinajstić information content (AvgIpc) is 2.81. The van der Waals surface area contributed by atoms with Gasteiger partial charge >= 0.3 is 0 Å². The smallest absolute Gasteiger partial charge is 0.140 e. The van der Waals surface area contributed by atoms with Crippen molar-refractivity contribution >= 4 is 40.6 Å². The first kappa shape index (κ1) is 11.7. The second kappa shape index (κ2) is 4.72. The number of halogens is 2. The molecule has 0 radical (unpaired) electrons. The molecule has 0 fully saturated rings. The summed E-state index contributed by atoms with van der Waals surface area (Å²) in [4.78, 5) is 0.765. The van der Waals surface area contributed by atoms with Gasteiger partial charge in [0.25, 0.3) is 0 Å². The number of benzene rings is 1. The maximum Gasteiger partial charge on any atom is 0.200 e. The molecule has 0 aliphatic carbocycles. The fourth-order valence-electron chi connectivity index (χ4n) is 1.37. The molecule has 2 heterocycles. The molecule has 0 unspecified atom stereocenters. The molecule has 3 rings (SSSR count). The number of hydrogen-bond acceptors (Lipinski definition) is 5. The molecular formula is C10H5Cl2N5S. The quantitative estimate of drug-likeness (QED) is 0.728. The van der Waals surface area contributed by atoms with Gasteiger partial charge in [-0.2, -0.15) is 0 Å². The summed E-state index contributed by atoms with van der Waals surface area (Å²) in [5, 5.41) is 17.2. The maximum absolute atomic E-state index is 6.10. The molecule has 8 heteroatoms. The lowest BCUT2D eigenvalue weighted by molar-refractivity contribution is 0.702. The van der Waals surface area contributed by atoms with Crippen molar-refractivity contribution in [3.05, 3.63) is 40.4 Å². The number of tetrazole rings is 1. The summed E-state index contributed by atoms with van der Waals surface area (Å²) < 4.78 is 1.35. The van der Waals surface area contributed by atoms with Crippen LogP contribution in [-0.2, 0) is 0 Å². The number of aromatic nitrogens is 5. The van der Waals surface area contributed by atoms with Crippen molar-refractivity contribution in [2.24, 2.45) is 0 Å². The highest BCUT2D eigenvalue weighted by Crippen LogP contribution is 2.37. The second-order valence-corrected chi connectivity index (χ2v) is 5.20. The molecular weight excluding hydrogens is 293 g/mol. The molecule has 90 valence electrons. The highest BCUT2D eigenvalue weighted by Gasteiger charge is 2.09. The Morgan fingerprint density at radius 2 is 1.83 bits per heavy atom. The Balaban J connectivity index is 2.00. The van der Waals surface area contributed by atoms with Crippen molar-refractivity contribution < 1.29 is 0 Å². The van der Waals surface area contributed by atoms with Gasteiger partial charge in [-0.25, -0.2) is 0 Å². The summed E-state index contributed by atoms with van der Waals surface area (Å²) in [6.45, 7) is 0. The van der Waals surface area contributed by atoms with Gasteiger partial charge in [0.2, 0.25) is 0 Å². The van der Waals surface area contributed by atoms with E-state index in [0.717, 1.165) is 4.90 Å². The maximum atomic E-state index is 6.10. The lowest BCUT2D eigenvalue weighted by Crippen LogP contribution is -1.95. The van der Waals surface area contributed by atoms with E-state index >= 15 is 0 Å². The van der Waals surface area contributed by atoms with Gasteiger partial charge < -0.3 is 0 Å². The van der Waals surface area contributed by atoms with Crippen molar-refractivity contribution in [1.82, 2.24) is 25.3 Å². The molecule has 0 atom stereocenters. The fourth-order valence-corrected chi connectivity index (χ4v) is 2.80. The summed E-state index contributed by atoms with van der Waals surface area (Å²) >= 11 is 13.6. The Morgan fingerprint density at radius 3 is 2.61 bits per heavy atom. The molecule has 0 amide bonds. The van der Waals surface area contributed by atoms with Gasteiger partial charge in [-0.15, -0.1) is 14.8 Å². The summed E-state index contributed by atoms with van der Waals surface area (Å²) in [5.74, 6) is 0. The monoisotopic (exact) mass is 297 g/mol. The minimum Gasteiger partial charge on any atom is -0.140 e. The van der Waals surface area contributed by atoms with Crippen LogP contribution in [0.2, 0.25) is 10.0 Å². The van der Waals surface area contributed by atoms with Crippen LogP contribution >= 0.6 is 35.0 Å². The Morgan fingerprint density at radius 1 is 1.06 bits per heavy atom. The minimum atomic E-state index is 0.588. The van der Waals surface area contributed by atoms with Crippen LogP contribution in [-0.4, -0.2) is 25.3 Å². The Bertz CT molecular complexity index is 694. The molecule has 2 aromatic heterocycles. The van der Waals surface area contributed by atoms with Crippen molar-refractivity contribution in [2.45, 2.75) is 9.92 Å². The van der Waals surface area contributed by atoms with Crippen molar-refractivity contribution in [2.75, 3.05) is 0 Å². The Kier molecular flexibility index (Phi) is 3.07. The molecule has 0 N–H and O–H groups in total. The van der Waals surface area contributed by atoms with Gasteiger partial charge in [-0.3, -0.25) is 0 Å². The molecule has 0 saturated heterocycles. The van der Waals surface area contributed by atoms with E-state index in [2.05, 4.69) is 20.6 Å². The van der Waals surface area contributed by atoms with Crippen LogP contribution in [0.15, 0.2) is 40.3 Å². The molecule has 0 aliphatic heterocycles. The molecule has 5 nitrogen and oxygen atoms in total. The van der Waals surface area contributed by atoms with Crippen LogP contribution in [0.4, 0.5) is 0 Å². The Hall–Kier alpha value is -1.37. The third kappa shape index (κ3) is 2.14. The van der Waals surface area contributed by atoms with Crippen LogP contribution < -0.4 is 0 Å². The van der Waals surface area contributed by atoms with E-state index < -0.39 is 0 Å². The standard InChI is InChI=1S/C10H5Cl2N5S/c11-6-2-1-3-7(12)10(6)18-9-5-4-8-13-15-16-17(8)14-9/h1-5H. The summed E-state index contributed by atoms with van der Waals surface area (Å²) in [7, 11) is 0. The van der Waals surface area contributed by atoms with E-state index in [0.29, 0.717) is 20.7 Å². The lowest BCUT2D eigenvalue weighted by atomic mass is 10.4. The van der Waals surface area contributed by atoms with Crippen LogP contribution in [0, 0.1) is 0 Å². The van der Waals surface area contributed by atoms with E-state index in [9.17, 15) is 0 Å².